The number of nitrogens with two attached hydrogens (primary N) is 1. The third kappa shape index (κ3) is 2.35. The highest BCUT2D eigenvalue weighted by molar-refractivity contribution is 7.89. The van der Waals surface area contributed by atoms with E-state index in [4.69, 9.17) is 5.73 Å². The predicted octanol–water partition coefficient (Wildman–Crippen LogP) is 1.03. The van der Waals surface area contributed by atoms with Crippen LogP contribution in [0.15, 0.2) is 17.0 Å². The van der Waals surface area contributed by atoms with Crippen molar-refractivity contribution in [1.82, 2.24) is 4.31 Å². The molecule has 0 amide bonds. The maximum absolute atomic E-state index is 12.5. The number of nitrogen functional groups attached to an aromatic ring is 1. The van der Waals surface area contributed by atoms with Gasteiger partial charge in [-0.15, -0.1) is 0 Å². The SMILES string of the molecule is CCC1(O)CN(S(=O)(=O)c2cc(C)cc(N)c2C)C1. The zero-order chi connectivity index (χ0) is 14.4. The second-order valence-corrected chi connectivity index (χ2v) is 7.23. The van der Waals surface area contributed by atoms with Gasteiger partial charge in [0.15, 0.2) is 0 Å². The first-order valence-corrected chi connectivity index (χ1v) is 7.73. The standard InChI is InChI=1S/C13H20N2O3S/c1-4-13(16)7-15(8-13)19(17,18)12-6-9(2)5-11(14)10(12)3/h5-6,16H,4,7-8,14H2,1-3H3. The summed E-state index contributed by atoms with van der Waals surface area (Å²) in [5, 5.41) is 9.95. The molecule has 1 aliphatic rings. The number of hydrogen-bond acceptors (Lipinski definition) is 4. The molecule has 1 aromatic carbocycles. The molecule has 106 valence electrons. The fourth-order valence-corrected chi connectivity index (χ4v) is 4.20. The summed E-state index contributed by atoms with van der Waals surface area (Å²) in [5.74, 6) is 0. The lowest BCUT2D eigenvalue weighted by Crippen LogP contribution is -2.62. The molecule has 3 N–H and O–H groups in total. The largest absolute Gasteiger partial charge is 0.398 e. The zero-order valence-electron chi connectivity index (χ0n) is 11.5. The Morgan fingerprint density at radius 1 is 1.37 bits per heavy atom. The Balaban J connectivity index is 2.37. The highest BCUT2D eigenvalue weighted by Gasteiger charge is 2.46. The van der Waals surface area contributed by atoms with Crippen molar-refractivity contribution >= 4 is 15.7 Å². The van der Waals surface area contributed by atoms with Gasteiger partial charge in [-0.25, -0.2) is 8.42 Å². The van der Waals surface area contributed by atoms with Crippen molar-refractivity contribution in [3.8, 4) is 0 Å². The normalized spacial score (nSPS) is 19.2. The van der Waals surface area contributed by atoms with Crippen LogP contribution in [0.1, 0.15) is 24.5 Å². The Kier molecular flexibility index (Phi) is 3.36. The van der Waals surface area contributed by atoms with Crippen LogP contribution < -0.4 is 5.73 Å². The summed E-state index contributed by atoms with van der Waals surface area (Å²) in [4.78, 5) is 0.239. The van der Waals surface area contributed by atoms with Gasteiger partial charge >= 0.3 is 0 Å². The Morgan fingerprint density at radius 2 is 1.95 bits per heavy atom. The molecule has 0 radical (unpaired) electrons. The minimum atomic E-state index is -3.57. The van der Waals surface area contributed by atoms with Crippen LogP contribution in [0.3, 0.4) is 0 Å². The van der Waals surface area contributed by atoms with Gasteiger partial charge in [-0.1, -0.05) is 6.92 Å². The van der Waals surface area contributed by atoms with E-state index in [-0.39, 0.29) is 18.0 Å². The minimum Gasteiger partial charge on any atom is -0.398 e. The number of rotatable bonds is 3. The van der Waals surface area contributed by atoms with Crippen LogP contribution in [0, 0.1) is 13.8 Å². The van der Waals surface area contributed by atoms with Gasteiger partial charge in [-0.05, 0) is 43.5 Å². The van der Waals surface area contributed by atoms with Crippen molar-refractivity contribution in [3.05, 3.63) is 23.3 Å². The number of β-amino-alcohol motifs (C(OH)–C–C–N with tert-alkyl or cyclic N) is 1. The number of sulfonamides is 1. The van der Waals surface area contributed by atoms with Crippen molar-refractivity contribution in [1.29, 1.82) is 0 Å². The number of aliphatic hydroxyl groups is 1. The summed E-state index contributed by atoms with van der Waals surface area (Å²) in [7, 11) is -3.57. The third-order valence-corrected chi connectivity index (χ3v) is 5.68. The highest BCUT2D eigenvalue weighted by Crippen LogP contribution is 2.33. The molecule has 0 aromatic heterocycles. The van der Waals surface area contributed by atoms with Gasteiger partial charge in [0.25, 0.3) is 0 Å². The van der Waals surface area contributed by atoms with E-state index in [1.54, 1.807) is 19.1 Å². The molecule has 6 heteroatoms. The molecular formula is C13H20N2O3S. The summed E-state index contributed by atoms with van der Waals surface area (Å²) >= 11 is 0. The molecule has 0 saturated carbocycles. The van der Waals surface area contributed by atoms with Crippen LogP contribution in [-0.4, -0.2) is 36.5 Å². The lowest BCUT2D eigenvalue weighted by Gasteiger charge is -2.45. The van der Waals surface area contributed by atoms with Crippen LogP contribution >= 0.6 is 0 Å². The summed E-state index contributed by atoms with van der Waals surface area (Å²) in [6.45, 7) is 5.67. The minimum absolute atomic E-state index is 0.152. The Bertz CT molecular complexity index is 605. The Labute approximate surface area is 114 Å². The monoisotopic (exact) mass is 284 g/mol. The van der Waals surface area contributed by atoms with E-state index in [0.717, 1.165) is 5.56 Å². The lowest BCUT2D eigenvalue weighted by molar-refractivity contribution is -0.0613. The van der Waals surface area contributed by atoms with Gasteiger partial charge in [0.05, 0.1) is 10.5 Å². The maximum atomic E-state index is 12.5. The number of anilines is 1. The molecule has 2 rings (SSSR count). The first-order valence-electron chi connectivity index (χ1n) is 6.29. The van der Waals surface area contributed by atoms with E-state index in [9.17, 15) is 13.5 Å². The van der Waals surface area contributed by atoms with Crippen molar-refractivity contribution in [3.63, 3.8) is 0 Å². The van der Waals surface area contributed by atoms with E-state index in [0.29, 0.717) is 17.7 Å². The van der Waals surface area contributed by atoms with E-state index in [1.165, 1.54) is 4.31 Å². The summed E-state index contributed by atoms with van der Waals surface area (Å²) < 4.78 is 26.3. The molecule has 0 spiro atoms. The molecule has 0 atom stereocenters. The van der Waals surface area contributed by atoms with Crippen molar-refractivity contribution in [2.24, 2.45) is 0 Å². The van der Waals surface area contributed by atoms with Gasteiger partial charge < -0.3 is 10.8 Å². The average Bonchev–Trinajstić information content (AvgIpc) is 2.29. The lowest BCUT2D eigenvalue weighted by atomic mass is 9.94. The van der Waals surface area contributed by atoms with Gasteiger partial charge in [-0.3, -0.25) is 0 Å². The molecular weight excluding hydrogens is 264 g/mol. The van der Waals surface area contributed by atoms with Crippen LogP contribution in [-0.2, 0) is 10.0 Å². The molecule has 1 heterocycles. The van der Waals surface area contributed by atoms with E-state index in [1.807, 2.05) is 13.8 Å². The molecule has 0 aliphatic carbocycles. The first kappa shape index (κ1) is 14.3. The molecule has 1 aromatic rings. The molecule has 1 saturated heterocycles. The second kappa shape index (κ2) is 4.47. The quantitative estimate of drug-likeness (QED) is 0.812. The van der Waals surface area contributed by atoms with E-state index >= 15 is 0 Å². The summed E-state index contributed by atoms with van der Waals surface area (Å²) in [5.41, 5.74) is 6.80. The van der Waals surface area contributed by atoms with Crippen molar-refractivity contribution < 1.29 is 13.5 Å². The van der Waals surface area contributed by atoms with Crippen LogP contribution in [0.25, 0.3) is 0 Å². The average molecular weight is 284 g/mol. The number of nitrogens with zero attached hydrogens (tertiary/aromatic N) is 1. The van der Waals surface area contributed by atoms with Gasteiger partial charge in [0.2, 0.25) is 10.0 Å². The molecule has 5 nitrogen and oxygen atoms in total. The topological polar surface area (TPSA) is 83.6 Å². The van der Waals surface area contributed by atoms with Crippen LogP contribution in [0.4, 0.5) is 5.69 Å². The molecule has 1 fully saturated rings. The van der Waals surface area contributed by atoms with E-state index < -0.39 is 15.6 Å². The van der Waals surface area contributed by atoms with Crippen LogP contribution in [0.2, 0.25) is 0 Å². The zero-order valence-corrected chi connectivity index (χ0v) is 12.3. The highest BCUT2D eigenvalue weighted by atomic mass is 32.2. The van der Waals surface area contributed by atoms with Gasteiger partial charge in [0, 0.05) is 18.8 Å². The third-order valence-electron chi connectivity index (χ3n) is 3.76. The molecule has 19 heavy (non-hydrogen) atoms. The van der Waals surface area contributed by atoms with Gasteiger partial charge in [0.1, 0.15) is 0 Å². The number of hydrogen-bond donors (Lipinski definition) is 2. The Morgan fingerprint density at radius 3 is 2.47 bits per heavy atom. The number of aryl methyl sites for hydroxylation is 1. The summed E-state index contributed by atoms with van der Waals surface area (Å²) in [6, 6.07) is 3.39. The van der Waals surface area contributed by atoms with Crippen LogP contribution in [0.5, 0.6) is 0 Å². The predicted molar refractivity (Wildman–Crippen MR) is 74.3 cm³/mol. The maximum Gasteiger partial charge on any atom is 0.243 e. The van der Waals surface area contributed by atoms with Crippen molar-refractivity contribution in [2.75, 3.05) is 18.8 Å². The molecule has 0 unspecified atom stereocenters. The first-order chi connectivity index (χ1) is 8.69. The summed E-state index contributed by atoms with van der Waals surface area (Å²) in [6.07, 6.45) is 0.550. The molecule has 1 aliphatic heterocycles. The van der Waals surface area contributed by atoms with E-state index in [2.05, 4.69) is 0 Å². The smallest absolute Gasteiger partial charge is 0.243 e. The number of benzene rings is 1. The molecule has 0 bridgehead atoms. The Hall–Kier alpha value is -1.11. The second-order valence-electron chi connectivity index (χ2n) is 5.33. The van der Waals surface area contributed by atoms with Gasteiger partial charge in [-0.2, -0.15) is 4.31 Å². The van der Waals surface area contributed by atoms with Crippen molar-refractivity contribution in [2.45, 2.75) is 37.7 Å². The fourth-order valence-electron chi connectivity index (χ4n) is 2.26. The fraction of sp³-hybridized carbons (Fsp3) is 0.538.